The lowest BCUT2D eigenvalue weighted by molar-refractivity contribution is -0.130. The average Bonchev–Trinajstić information content (AvgIpc) is 3.07. The van der Waals surface area contributed by atoms with Crippen molar-refractivity contribution in [3.63, 3.8) is 0 Å². The molecular formula is C26H27N3O2. The van der Waals surface area contributed by atoms with Crippen molar-refractivity contribution in [2.45, 2.75) is 38.1 Å². The van der Waals surface area contributed by atoms with Crippen molar-refractivity contribution >= 4 is 22.7 Å². The molecule has 2 aromatic carbocycles. The quantitative estimate of drug-likeness (QED) is 0.624. The SMILES string of the molecule is Cc1ccc(-c2cc(C(=O)N3CCC4(CCC(=O)N4C)CC3)c3ccccc3n2)cc1. The van der Waals surface area contributed by atoms with Gasteiger partial charge in [0.15, 0.2) is 0 Å². The molecule has 5 nitrogen and oxygen atoms in total. The molecule has 2 saturated heterocycles. The summed E-state index contributed by atoms with van der Waals surface area (Å²) in [5, 5.41) is 0.886. The van der Waals surface area contributed by atoms with Gasteiger partial charge in [0.05, 0.1) is 16.8 Å². The van der Waals surface area contributed by atoms with Gasteiger partial charge in [0.1, 0.15) is 0 Å². The lowest BCUT2D eigenvalue weighted by atomic mass is 9.85. The van der Waals surface area contributed by atoms with Gasteiger partial charge in [-0.05, 0) is 38.3 Å². The Balaban J connectivity index is 1.47. The van der Waals surface area contributed by atoms with Crippen molar-refractivity contribution in [1.82, 2.24) is 14.8 Å². The van der Waals surface area contributed by atoms with Crippen molar-refractivity contribution in [3.05, 3.63) is 65.7 Å². The van der Waals surface area contributed by atoms with Gasteiger partial charge < -0.3 is 9.80 Å². The molecule has 31 heavy (non-hydrogen) atoms. The number of para-hydroxylation sites is 1. The van der Waals surface area contributed by atoms with Crippen LogP contribution in [0.5, 0.6) is 0 Å². The number of carbonyl (C=O) groups is 2. The van der Waals surface area contributed by atoms with Gasteiger partial charge in [0, 0.05) is 43.0 Å². The van der Waals surface area contributed by atoms with Crippen LogP contribution in [0.1, 0.15) is 41.6 Å². The summed E-state index contributed by atoms with van der Waals surface area (Å²) in [5.74, 6) is 0.274. The van der Waals surface area contributed by atoms with E-state index < -0.39 is 0 Å². The lowest BCUT2D eigenvalue weighted by Gasteiger charge is -2.43. The zero-order valence-corrected chi connectivity index (χ0v) is 18.1. The number of rotatable bonds is 2. The number of likely N-dealkylation sites (tertiary alicyclic amines) is 2. The molecule has 5 rings (SSSR count). The first-order valence-corrected chi connectivity index (χ1v) is 11.0. The standard InChI is InChI=1S/C26H27N3O2/c1-18-7-9-19(10-8-18)23-17-21(20-5-3-4-6-22(20)27-23)25(31)29-15-13-26(14-16-29)12-11-24(30)28(26)2/h3-10,17H,11-16H2,1-2H3. The van der Waals surface area contributed by atoms with Crippen LogP contribution in [-0.2, 0) is 4.79 Å². The monoisotopic (exact) mass is 413 g/mol. The minimum Gasteiger partial charge on any atom is -0.340 e. The normalized spacial score (nSPS) is 18.2. The highest BCUT2D eigenvalue weighted by molar-refractivity contribution is 6.07. The van der Waals surface area contributed by atoms with E-state index in [-0.39, 0.29) is 17.4 Å². The fourth-order valence-electron chi connectivity index (χ4n) is 5.05. The Morgan fingerprint density at radius 2 is 1.71 bits per heavy atom. The Hall–Kier alpha value is -3.21. The summed E-state index contributed by atoms with van der Waals surface area (Å²) < 4.78 is 0. The Morgan fingerprint density at radius 1 is 1.00 bits per heavy atom. The van der Waals surface area contributed by atoms with E-state index in [2.05, 4.69) is 31.2 Å². The van der Waals surface area contributed by atoms with E-state index in [0.29, 0.717) is 25.1 Å². The third-order valence-electron chi connectivity index (χ3n) is 7.17. The van der Waals surface area contributed by atoms with E-state index in [4.69, 9.17) is 4.98 Å². The molecule has 3 aromatic rings. The number of hydrogen-bond acceptors (Lipinski definition) is 3. The van der Waals surface area contributed by atoms with Crippen LogP contribution in [0.2, 0.25) is 0 Å². The summed E-state index contributed by atoms with van der Waals surface area (Å²) in [4.78, 5) is 34.4. The van der Waals surface area contributed by atoms with E-state index in [1.165, 1.54) is 5.56 Å². The summed E-state index contributed by atoms with van der Waals surface area (Å²) in [6.45, 7) is 3.41. The summed E-state index contributed by atoms with van der Waals surface area (Å²) in [6.07, 6.45) is 3.21. The van der Waals surface area contributed by atoms with E-state index in [1.54, 1.807) is 0 Å². The average molecular weight is 414 g/mol. The molecule has 0 N–H and O–H groups in total. The van der Waals surface area contributed by atoms with E-state index in [0.717, 1.165) is 41.4 Å². The number of hydrogen-bond donors (Lipinski definition) is 0. The maximum Gasteiger partial charge on any atom is 0.254 e. The first kappa shape index (κ1) is 19.7. The molecule has 0 bridgehead atoms. The second kappa shape index (κ2) is 7.49. The molecule has 0 saturated carbocycles. The Labute approximate surface area is 182 Å². The number of pyridine rings is 1. The van der Waals surface area contributed by atoms with Crippen LogP contribution < -0.4 is 0 Å². The Bertz CT molecular complexity index is 1160. The van der Waals surface area contributed by atoms with Crippen LogP contribution >= 0.6 is 0 Å². The molecule has 3 heterocycles. The molecule has 2 amide bonds. The number of aromatic nitrogens is 1. The molecule has 1 spiro atoms. The van der Waals surface area contributed by atoms with E-state index in [9.17, 15) is 9.59 Å². The highest BCUT2D eigenvalue weighted by Crippen LogP contribution is 2.38. The number of nitrogens with zero attached hydrogens (tertiary/aromatic N) is 3. The molecule has 2 aliphatic heterocycles. The summed E-state index contributed by atoms with van der Waals surface area (Å²) in [7, 11) is 1.91. The van der Waals surface area contributed by atoms with Gasteiger partial charge in [-0.1, -0.05) is 48.0 Å². The molecule has 0 aliphatic carbocycles. The van der Waals surface area contributed by atoms with Gasteiger partial charge >= 0.3 is 0 Å². The highest BCUT2D eigenvalue weighted by atomic mass is 16.2. The number of piperidine rings is 1. The molecular weight excluding hydrogens is 386 g/mol. The fraction of sp³-hybridized carbons (Fsp3) is 0.346. The first-order chi connectivity index (χ1) is 15.0. The van der Waals surface area contributed by atoms with Crippen molar-refractivity contribution in [3.8, 4) is 11.3 Å². The smallest absolute Gasteiger partial charge is 0.254 e. The van der Waals surface area contributed by atoms with Crippen molar-refractivity contribution in [1.29, 1.82) is 0 Å². The molecule has 0 atom stereocenters. The van der Waals surface area contributed by atoms with Crippen LogP contribution in [0.4, 0.5) is 0 Å². The number of benzene rings is 2. The predicted octanol–water partition coefficient (Wildman–Crippen LogP) is 4.44. The number of carbonyl (C=O) groups excluding carboxylic acids is 2. The number of amides is 2. The molecule has 2 aliphatic rings. The van der Waals surface area contributed by atoms with Gasteiger partial charge in [-0.2, -0.15) is 0 Å². The largest absolute Gasteiger partial charge is 0.340 e. The Kier molecular flexibility index (Phi) is 4.77. The first-order valence-electron chi connectivity index (χ1n) is 11.0. The molecule has 5 heteroatoms. The van der Waals surface area contributed by atoms with Gasteiger partial charge in [-0.15, -0.1) is 0 Å². The van der Waals surface area contributed by atoms with Crippen LogP contribution in [0, 0.1) is 6.92 Å². The summed E-state index contributed by atoms with van der Waals surface area (Å²) >= 11 is 0. The van der Waals surface area contributed by atoms with Crippen molar-refractivity contribution in [2.24, 2.45) is 0 Å². The number of fused-ring (bicyclic) bond motifs is 1. The predicted molar refractivity (Wildman–Crippen MR) is 122 cm³/mol. The molecule has 0 radical (unpaired) electrons. The second-order valence-electron chi connectivity index (χ2n) is 8.91. The van der Waals surface area contributed by atoms with Crippen LogP contribution in [0.3, 0.4) is 0 Å². The highest BCUT2D eigenvalue weighted by Gasteiger charge is 2.45. The van der Waals surface area contributed by atoms with Crippen molar-refractivity contribution in [2.75, 3.05) is 20.1 Å². The van der Waals surface area contributed by atoms with E-state index >= 15 is 0 Å². The maximum absolute atomic E-state index is 13.6. The molecule has 158 valence electrons. The zero-order chi connectivity index (χ0) is 21.6. The van der Waals surface area contributed by atoms with Gasteiger partial charge in [0.2, 0.25) is 5.91 Å². The van der Waals surface area contributed by atoms with E-state index in [1.807, 2.05) is 47.2 Å². The van der Waals surface area contributed by atoms with Gasteiger partial charge in [0.25, 0.3) is 5.91 Å². The maximum atomic E-state index is 13.6. The molecule has 2 fully saturated rings. The van der Waals surface area contributed by atoms with Crippen LogP contribution in [0.15, 0.2) is 54.6 Å². The van der Waals surface area contributed by atoms with Crippen LogP contribution in [0.25, 0.3) is 22.2 Å². The third-order valence-corrected chi connectivity index (χ3v) is 7.17. The van der Waals surface area contributed by atoms with Gasteiger partial charge in [-0.3, -0.25) is 9.59 Å². The summed E-state index contributed by atoms with van der Waals surface area (Å²) in [5.41, 5.74) is 4.48. The topological polar surface area (TPSA) is 53.5 Å². The summed E-state index contributed by atoms with van der Waals surface area (Å²) in [6, 6.07) is 18.0. The number of aryl methyl sites for hydroxylation is 1. The van der Waals surface area contributed by atoms with Crippen LogP contribution in [-0.4, -0.2) is 52.3 Å². The molecule has 0 unspecified atom stereocenters. The minimum absolute atomic E-state index is 0.0498. The third kappa shape index (κ3) is 3.38. The Morgan fingerprint density at radius 3 is 2.39 bits per heavy atom. The lowest BCUT2D eigenvalue weighted by Crippen LogP contribution is -2.52. The molecule has 1 aromatic heterocycles. The zero-order valence-electron chi connectivity index (χ0n) is 18.1. The van der Waals surface area contributed by atoms with Gasteiger partial charge in [-0.25, -0.2) is 4.98 Å². The minimum atomic E-state index is -0.0682. The fourth-order valence-corrected chi connectivity index (χ4v) is 5.05. The second-order valence-corrected chi connectivity index (χ2v) is 8.91. The van der Waals surface area contributed by atoms with Crippen molar-refractivity contribution < 1.29 is 9.59 Å².